The van der Waals surface area contributed by atoms with Crippen molar-refractivity contribution in [2.24, 2.45) is 0 Å². The Morgan fingerprint density at radius 3 is 2.50 bits per heavy atom. The van der Waals surface area contributed by atoms with E-state index in [0.29, 0.717) is 31.6 Å². The number of carbonyl (C=O) groups excluding carboxylic acids is 1. The van der Waals surface area contributed by atoms with Crippen molar-refractivity contribution < 1.29 is 13.2 Å². The van der Waals surface area contributed by atoms with E-state index in [-0.39, 0.29) is 11.7 Å². The van der Waals surface area contributed by atoms with E-state index < -0.39 is 10.0 Å². The number of sulfonamides is 1. The maximum Gasteiger partial charge on any atom is 0.251 e. The third-order valence-electron chi connectivity index (χ3n) is 4.46. The summed E-state index contributed by atoms with van der Waals surface area (Å²) in [5.41, 5.74) is 2.86. The molecule has 1 amide bonds. The molecular formula is C19H21BrN2O3S. The van der Waals surface area contributed by atoms with E-state index in [1.807, 2.05) is 18.2 Å². The van der Waals surface area contributed by atoms with Gasteiger partial charge in [0.1, 0.15) is 0 Å². The highest BCUT2D eigenvalue weighted by molar-refractivity contribution is 9.10. The fourth-order valence-electron chi connectivity index (χ4n) is 3.00. The summed E-state index contributed by atoms with van der Waals surface area (Å²) in [6, 6.07) is 15.0. The molecular weight excluding hydrogens is 416 g/mol. The van der Waals surface area contributed by atoms with Gasteiger partial charge in [-0.2, -0.15) is 4.31 Å². The molecule has 26 heavy (non-hydrogen) atoms. The smallest absolute Gasteiger partial charge is 0.251 e. The molecule has 0 spiro atoms. The van der Waals surface area contributed by atoms with E-state index in [1.165, 1.54) is 5.56 Å². The van der Waals surface area contributed by atoms with Crippen molar-refractivity contribution >= 4 is 31.9 Å². The molecule has 5 nitrogen and oxygen atoms in total. The van der Waals surface area contributed by atoms with Gasteiger partial charge in [0.2, 0.25) is 10.0 Å². The number of hydrogen-bond acceptors (Lipinski definition) is 3. The summed E-state index contributed by atoms with van der Waals surface area (Å²) in [4.78, 5) is 12.0. The molecule has 2 aromatic carbocycles. The molecule has 0 fully saturated rings. The summed E-state index contributed by atoms with van der Waals surface area (Å²) < 4.78 is 27.6. The Labute approximate surface area is 162 Å². The topological polar surface area (TPSA) is 66.5 Å². The molecule has 0 saturated carbocycles. The van der Waals surface area contributed by atoms with Crippen LogP contribution in [0, 0.1) is 0 Å². The minimum Gasteiger partial charge on any atom is -0.352 e. The molecule has 2 aromatic rings. The van der Waals surface area contributed by atoms with Gasteiger partial charge in [-0.1, -0.05) is 40.2 Å². The van der Waals surface area contributed by atoms with E-state index in [2.05, 4.69) is 27.3 Å². The van der Waals surface area contributed by atoms with E-state index in [1.54, 1.807) is 28.6 Å². The van der Waals surface area contributed by atoms with E-state index >= 15 is 0 Å². The third-order valence-corrected chi connectivity index (χ3v) is 6.89. The summed E-state index contributed by atoms with van der Waals surface area (Å²) in [6.45, 7) is 1.28. The Morgan fingerprint density at radius 2 is 1.77 bits per heavy atom. The van der Waals surface area contributed by atoms with Crippen LogP contribution in [0.25, 0.3) is 0 Å². The van der Waals surface area contributed by atoms with Gasteiger partial charge in [-0.25, -0.2) is 8.42 Å². The van der Waals surface area contributed by atoms with Gasteiger partial charge in [0.25, 0.3) is 5.91 Å². The van der Waals surface area contributed by atoms with Crippen LogP contribution in [-0.2, 0) is 23.0 Å². The van der Waals surface area contributed by atoms with Crippen molar-refractivity contribution in [1.29, 1.82) is 0 Å². The van der Waals surface area contributed by atoms with Gasteiger partial charge in [-0.3, -0.25) is 4.79 Å². The molecule has 138 valence electrons. The normalized spacial score (nSPS) is 14.7. The molecule has 7 heteroatoms. The van der Waals surface area contributed by atoms with Gasteiger partial charge >= 0.3 is 0 Å². The predicted octanol–water partition coefficient (Wildman–Crippen LogP) is 2.96. The second kappa shape index (κ2) is 8.33. The minimum atomic E-state index is -3.32. The first-order chi connectivity index (χ1) is 12.5. The molecule has 3 rings (SSSR count). The highest BCUT2D eigenvalue weighted by atomic mass is 79.9. The van der Waals surface area contributed by atoms with Crippen LogP contribution in [0.2, 0.25) is 0 Å². The number of amides is 1. The molecule has 0 saturated heterocycles. The summed E-state index contributed by atoms with van der Waals surface area (Å²) in [7, 11) is -3.32. The number of nitrogens with zero attached hydrogens (tertiary/aromatic N) is 1. The first-order valence-corrected chi connectivity index (χ1v) is 10.9. The quantitative estimate of drug-likeness (QED) is 0.707. The zero-order valence-electron chi connectivity index (χ0n) is 14.3. The molecule has 1 aliphatic heterocycles. The number of carbonyl (C=O) groups is 1. The molecule has 0 unspecified atom stereocenters. The van der Waals surface area contributed by atoms with Gasteiger partial charge in [0, 0.05) is 29.7 Å². The van der Waals surface area contributed by atoms with Crippen molar-refractivity contribution in [2.45, 2.75) is 19.4 Å². The Balaban J connectivity index is 1.48. The molecule has 1 N–H and O–H groups in total. The lowest BCUT2D eigenvalue weighted by molar-refractivity contribution is 0.0953. The monoisotopic (exact) mass is 436 g/mol. The van der Waals surface area contributed by atoms with Crippen molar-refractivity contribution in [2.75, 3.05) is 18.8 Å². The number of hydrogen-bond donors (Lipinski definition) is 1. The van der Waals surface area contributed by atoms with Crippen LogP contribution in [0.3, 0.4) is 0 Å². The van der Waals surface area contributed by atoms with Crippen LogP contribution in [0.5, 0.6) is 0 Å². The molecule has 0 atom stereocenters. The Bertz CT molecular complexity index is 882. The maximum atomic E-state index is 12.6. The molecule has 1 heterocycles. The molecule has 0 radical (unpaired) electrons. The predicted molar refractivity (Wildman–Crippen MR) is 105 cm³/mol. The second-order valence-electron chi connectivity index (χ2n) is 6.28. The average molecular weight is 437 g/mol. The summed E-state index contributed by atoms with van der Waals surface area (Å²) in [5, 5.41) is 2.77. The van der Waals surface area contributed by atoms with E-state index in [0.717, 1.165) is 16.5 Å². The molecule has 0 aliphatic carbocycles. The lowest BCUT2D eigenvalue weighted by atomic mass is 10.0. The largest absolute Gasteiger partial charge is 0.352 e. The fourth-order valence-corrected chi connectivity index (χ4v) is 4.73. The van der Waals surface area contributed by atoms with Crippen LogP contribution in [-0.4, -0.2) is 37.5 Å². The van der Waals surface area contributed by atoms with Crippen molar-refractivity contribution in [1.82, 2.24) is 9.62 Å². The minimum absolute atomic E-state index is 0.0375. The molecule has 0 bridgehead atoms. The maximum absolute atomic E-state index is 12.6. The fraction of sp³-hybridized carbons (Fsp3) is 0.316. The zero-order chi connectivity index (χ0) is 18.6. The third kappa shape index (κ3) is 4.72. The van der Waals surface area contributed by atoms with E-state index in [4.69, 9.17) is 0 Å². The summed E-state index contributed by atoms with van der Waals surface area (Å²) in [6.07, 6.45) is 1.14. The van der Waals surface area contributed by atoms with Gasteiger partial charge < -0.3 is 5.32 Å². The van der Waals surface area contributed by atoms with Crippen molar-refractivity contribution in [3.8, 4) is 0 Å². The van der Waals surface area contributed by atoms with Gasteiger partial charge in [0.05, 0.1) is 5.75 Å². The van der Waals surface area contributed by atoms with Gasteiger partial charge in [-0.15, -0.1) is 0 Å². The lowest BCUT2D eigenvalue weighted by Gasteiger charge is -2.28. The highest BCUT2D eigenvalue weighted by Gasteiger charge is 2.26. The lowest BCUT2D eigenvalue weighted by Crippen LogP contribution is -2.38. The van der Waals surface area contributed by atoms with Crippen LogP contribution in [0.1, 0.15) is 27.9 Å². The first-order valence-electron chi connectivity index (χ1n) is 8.54. The Kier molecular flexibility index (Phi) is 6.11. The number of rotatable bonds is 6. The average Bonchev–Trinajstić information content (AvgIpc) is 2.65. The summed E-state index contributed by atoms with van der Waals surface area (Å²) >= 11 is 3.33. The number of halogens is 1. The summed E-state index contributed by atoms with van der Waals surface area (Å²) in [5.74, 6) is -0.155. The van der Waals surface area contributed by atoms with Crippen molar-refractivity contribution in [3.05, 3.63) is 69.7 Å². The standard InChI is InChI=1S/C19H21BrN2O3S/c20-18-8-6-16(7-9-18)19(23)21-11-3-13-26(24,25)22-12-10-15-4-1-2-5-17(15)14-22/h1-2,4-9H,3,10-14H2,(H,21,23). The number of nitrogens with one attached hydrogen (secondary N) is 1. The second-order valence-corrected chi connectivity index (χ2v) is 9.29. The van der Waals surface area contributed by atoms with Crippen LogP contribution in [0.15, 0.2) is 53.0 Å². The first kappa shape index (κ1) is 19.1. The van der Waals surface area contributed by atoms with Crippen molar-refractivity contribution in [3.63, 3.8) is 0 Å². The molecule has 1 aliphatic rings. The highest BCUT2D eigenvalue weighted by Crippen LogP contribution is 2.21. The Morgan fingerprint density at radius 1 is 1.08 bits per heavy atom. The number of fused-ring (bicyclic) bond motifs is 1. The SMILES string of the molecule is O=C(NCCCS(=O)(=O)N1CCc2ccccc2C1)c1ccc(Br)cc1. The zero-order valence-corrected chi connectivity index (χ0v) is 16.7. The van der Waals surface area contributed by atoms with Crippen LogP contribution >= 0.6 is 15.9 Å². The van der Waals surface area contributed by atoms with Gasteiger partial charge in [-0.05, 0) is 48.2 Å². The molecule has 0 aromatic heterocycles. The van der Waals surface area contributed by atoms with Crippen LogP contribution < -0.4 is 5.32 Å². The number of benzene rings is 2. The van der Waals surface area contributed by atoms with Crippen LogP contribution in [0.4, 0.5) is 0 Å². The van der Waals surface area contributed by atoms with Gasteiger partial charge in [0.15, 0.2) is 0 Å². The van der Waals surface area contributed by atoms with E-state index in [9.17, 15) is 13.2 Å². The Hall–Kier alpha value is -1.70.